The SMILES string of the molecule is CC(C)CC(=O)O[C@H]1CC[C@@]2(C)[C@H](CC[C@]3(C)[C@@H]2CC=C2[C@@H]4[C@@H](C)[C@H](C)CC[C@]4(C)CC[C@]23C)C1(C)C. The summed E-state index contributed by atoms with van der Waals surface area (Å²) >= 11 is 0. The van der Waals surface area contributed by atoms with Crippen molar-refractivity contribution in [2.75, 3.05) is 0 Å². The average Bonchev–Trinajstić information content (AvgIpc) is 2.79. The van der Waals surface area contributed by atoms with E-state index < -0.39 is 0 Å². The normalized spacial score (nSPS) is 50.7. The molecule has 0 N–H and O–H groups in total. The van der Waals surface area contributed by atoms with Crippen LogP contribution >= 0.6 is 0 Å². The number of hydrogen-bond acceptors (Lipinski definition) is 2. The Morgan fingerprint density at radius 3 is 2.30 bits per heavy atom. The van der Waals surface area contributed by atoms with Crippen LogP contribution in [0.2, 0.25) is 0 Å². The van der Waals surface area contributed by atoms with Gasteiger partial charge in [0.25, 0.3) is 0 Å². The largest absolute Gasteiger partial charge is 0.462 e. The van der Waals surface area contributed by atoms with Crippen LogP contribution in [-0.2, 0) is 9.53 Å². The van der Waals surface area contributed by atoms with Crippen molar-refractivity contribution in [2.45, 2.75) is 140 Å². The van der Waals surface area contributed by atoms with E-state index >= 15 is 0 Å². The van der Waals surface area contributed by atoms with E-state index in [9.17, 15) is 4.79 Å². The van der Waals surface area contributed by atoms with Crippen LogP contribution in [0.5, 0.6) is 0 Å². The van der Waals surface area contributed by atoms with Gasteiger partial charge in [-0.05, 0) is 115 Å². The van der Waals surface area contributed by atoms with Crippen LogP contribution < -0.4 is 0 Å². The van der Waals surface area contributed by atoms with Crippen molar-refractivity contribution in [3.8, 4) is 0 Å². The minimum Gasteiger partial charge on any atom is -0.462 e. The van der Waals surface area contributed by atoms with Gasteiger partial charge in [-0.25, -0.2) is 0 Å². The van der Waals surface area contributed by atoms with E-state index in [4.69, 9.17) is 4.74 Å². The number of allylic oxidation sites excluding steroid dienone is 2. The van der Waals surface area contributed by atoms with Crippen molar-refractivity contribution >= 4 is 5.97 Å². The van der Waals surface area contributed by atoms with Crippen LogP contribution in [0, 0.1) is 62.6 Å². The first-order chi connectivity index (χ1) is 17.1. The molecule has 0 bridgehead atoms. The minimum atomic E-state index is 0.0103. The Hall–Kier alpha value is -0.790. The molecule has 4 saturated carbocycles. The summed E-state index contributed by atoms with van der Waals surface area (Å²) in [5.41, 5.74) is 3.41. The molecule has 37 heavy (non-hydrogen) atoms. The molecule has 2 nitrogen and oxygen atoms in total. The highest BCUT2D eigenvalue weighted by molar-refractivity contribution is 5.69. The third-order valence-corrected chi connectivity index (χ3v) is 14.2. The lowest BCUT2D eigenvalue weighted by Gasteiger charge is -2.71. The summed E-state index contributed by atoms with van der Waals surface area (Å²) < 4.78 is 6.22. The molecule has 0 spiro atoms. The summed E-state index contributed by atoms with van der Waals surface area (Å²) in [6, 6.07) is 0. The molecule has 4 fully saturated rings. The van der Waals surface area contributed by atoms with Gasteiger partial charge in [0, 0.05) is 11.8 Å². The Morgan fingerprint density at radius 2 is 1.62 bits per heavy atom. The second-order valence-corrected chi connectivity index (χ2v) is 16.7. The van der Waals surface area contributed by atoms with Crippen molar-refractivity contribution < 1.29 is 9.53 Å². The third-order valence-electron chi connectivity index (χ3n) is 14.2. The summed E-state index contributed by atoms with van der Waals surface area (Å²) in [6.07, 6.45) is 15.1. The number of fused-ring (bicyclic) bond motifs is 7. The molecule has 0 unspecified atom stereocenters. The zero-order chi connectivity index (χ0) is 27.2. The Kier molecular flexibility index (Phi) is 6.65. The Bertz CT molecular complexity index is 945. The van der Waals surface area contributed by atoms with E-state index in [-0.39, 0.29) is 17.5 Å². The van der Waals surface area contributed by atoms with Crippen LogP contribution in [0.3, 0.4) is 0 Å². The fraction of sp³-hybridized carbons (Fsp3) is 0.914. The lowest BCUT2D eigenvalue weighted by Crippen LogP contribution is -2.65. The summed E-state index contributed by atoms with van der Waals surface area (Å²) in [7, 11) is 0. The van der Waals surface area contributed by atoms with Crippen LogP contribution in [0.4, 0.5) is 0 Å². The number of rotatable bonds is 3. The van der Waals surface area contributed by atoms with E-state index in [1.165, 1.54) is 51.4 Å². The molecule has 0 amide bonds. The highest BCUT2D eigenvalue weighted by Crippen LogP contribution is 2.75. The quantitative estimate of drug-likeness (QED) is 0.279. The Labute approximate surface area is 229 Å². The van der Waals surface area contributed by atoms with Gasteiger partial charge in [0.15, 0.2) is 0 Å². The molecule has 5 rings (SSSR count). The van der Waals surface area contributed by atoms with Gasteiger partial charge in [-0.1, -0.05) is 80.9 Å². The standard InChI is InChI=1S/C35H58O2/c1-22(2)21-29(36)37-28-15-17-33(8)26(31(28,5)6)14-18-35(10)27(33)12-11-25-30-24(4)23(3)13-16-32(30,7)19-20-34(25,35)9/h11,22-24,26-28,30H,12-21H2,1-10H3/t23-,24+,26-,27-,28+,30+,32-,33+,34-,35-/m1/s1. The highest BCUT2D eigenvalue weighted by Gasteiger charge is 2.68. The van der Waals surface area contributed by atoms with Gasteiger partial charge in [0.2, 0.25) is 0 Å². The van der Waals surface area contributed by atoms with E-state index in [1.54, 1.807) is 0 Å². The van der Waals surface area contributed by atoms with E-state index in [0.29, 0.717) is 39.9 Å². The molecule has 5 aliphatic rings. The molecule has 0 heterocycles. The molecule has 5 aliphatic carbocycles. The molecule has 0 radical (unpaired) electrons. The zero-order valence-electron chi connectivity index (χ0n) is 26.0. The number of hydrogen-bond donors (Lipinski definition) is 0. The third kappa shape index (κ3) is 3.87. The van der Waals surface area contributed by atoms with Gasteiger partial charge in [0.05, 0.1) is 0 Å². The summed E-state index contributed by atoms with van der Waals surface area (Å²) in [4.78, 5) is 12.7. The zero-order valence-corrected chi connectivity index (χ0v) is 26.0. The lowest BCUT2D eigenvalue weighted by molar-refractivity contribution is -0.213. The van der Waals surface area contributed by atoms with Crippen molar-refractivity contribution in [2.24, 2.45) is 62.6 Å². The lowest BCUT2D eigenvalue weighted by atomic mass is 9.33. The summed E-state index contributed by atoms with van der Waals surface area (Å²) in [5.74, 6) is 4.11. The molecule has 0 aromatic heterocycles. The van der Waals surface area contributed by atoms with Gasteiger partial charge < -0.3 is 4.74 Å². The predicted molar refractivity (Wildman–Crippen MR) is 154 cm³/mol. The number of carbonyl (C=O) groups excluding carboxylic acids is 1. The van der Waals surface area contributed by atoms with Crippen molar-refractivity contribution in [3.63, 3.8) is 0 Å². The second-order valence-electron chi connectivity index (χ2n) is 16.7. The van der Waals surface area contributed by atoms with Crippen LogP contribution in [0.1, 0.15) is 133 Å². The summed E-state index contributed by atoms with van der Waals surface area (Å²) in [6.45, 7) is 24.9. The highest BCUT2D eigenvalue weighted by atomic mass is 16.5. The van der Waals surface area contributed by atoms with E-state index in [1.807, 2.05) is 5.57 Å². The second kappa shape index (κ2) is 8.86. The van der Waals surface area contributed by atoms with Crippen LogP contribution in [0.25, 0.3) is 0 Å². The van der Waals surface area contributed by atoms with Crippen molar-refractivity contribution in [1.82, 2.24) is 0 Å². The number of ether oxygens (including phenoxy) is 1. The van der Waals surface area contributed by atoms with Gasteiger partial charge in [-0.2, -0.15) is 0 Å². The van der Waals surface area contributed by atoms with Gasteiger partial charge >= 0.3 is 5.97 Å². The maximum atomic E-state index is 12.7. The average molecular weight is 511 g/mol. The number of esters is 1. The van der Waals surface area contributed by atoms with Crippen molar-refractivity contribution in [3.05, 3.63) is 11.6 Å². The molecule has 0 saturated heterocycles. The first kappa shape index (κ1) is 27.8. The first-order valence-corrected chi connectivity index (χ1v) is 16.0. The molecule has 10 atom stereocenters. The monoisotopic (exact) mass is 510 g/mol. The summed E-state index contributed by atoms with van der Waals surface area (Å²) in [5, 5.41) is 0. The fourth-order valence-corrected chi connectivity index (χ4v) is 11.6. The number of carbonyl (C=O) groups is 1. The smallest absolute Gasteiger partial charge is 0.306 e. The van der Waals surface area contributed by atoms with E-state index in [2.05, 4.69) is 75.3 Å². The molecule has 210 valence electrons. The Balaban J connectivity index is 1.47. The maximum absolute atomic E-state index is 12.7. The molecule has 0 aromatic rings. The predicted octanol–water partition coefficient (Wildman–Crippen LogP) is 9.62. The fourth-order valence-electron chi connectivity index (χ4n) is 11.6. The maximum Gasteiger partial charge on any atom is 0.306 e. The van der Waals surface area contributed by atoms with Gasteiger partial charge in [-0.15, -0.1) is 0 Å². The van der Waals surface area contributed by atoms with Gasteiger partial charge in [0.1, 0.15) is 6.10 Å². The molecule has 0 aliphatic heterocycles. The molecule has 2 heteroatoms. The first-order valence-electron chi connectivity index (χ1n) is 16.0. The Morgan fingerprint density at radius 1 is 0.919 bits per heavy atom. The van der Waals surface area contributed by atoms with Gasteiger partial charge in [-0.3, -0.25) is 4.79 Å². The van der Waals surface area contributed by atoms with Crippen molar-refractivity contribution in [1.29, 1.82) is 0 Å². The van der Waals surface area contributed by atoms with Crippen LogP contribution in [0.15, 0.2) is 11.6 Å². The van der Waals surface area contributed by atoms with Crippen LogP contribution in [-0.4, -0.2) is 12.1 Å². The van der Waals surface area contributed by atoms with E-state index in [0.717, 1.165) is 30.1 Å². The molecular weight excluding hydrogens is 452 g/mol. The molecule has 0 aromatic carbocycles. The minimum absolute atomic E-state index is 0.0103. The molecular formula is C35H58O2. The topological polar surface area (TPSA) is 26.3 Å².